The van der Waals surface area contributed by atoms with E-state index in [1.807, 2.05) is 6.92 Å². The van der Waals surface area contributed by atoms with Crippen LogP contribution in [0, 0.1) is 0 Å². The first-order chi connectivity index (χ1) is 6.64. The van der Waals surface area contributed by atoms with Gasteiger partial charge in [0.1, 0.15) is 0 Å². The summed E-state index contributed by atoms with van der Waals surface area (Å²) in [5.74, 6) is 0. The molecule has 0 amide bonds. The van der Waals surface area contributed by atoms with Crippen LogP contribution < -0.4 is 11.5 Å². The molecule has 0 fully saturated rings. The van der Waals surface area contributed by atoms with Crippen molar-refractivity contribution in [3.8, 4) is 0 Å². The second-order valence-corrected chi connectivity index (χ2v) is 3.38. The third-order valence-electron chi connectivity index (χ3n) is 2.31. The minimum Gasteiger partial charge on any atom is -0.398 e. The normalized spacial score (nSPS) is 15.1. The van der Waals surface area contributed by atoms with Crippen molar-refractivity contribution in [2.45, 2.75) is 25.4 Å². The Morgan fingerprint density at radius 3 is 2.79 bits per heavy atom. The van der Waals surface area contributed by atoms with Gasteiger partial charge in [0.05, 0.1) is 0 Å². The summed E-state index contributed by atoms with van der Waals surface area (Å²) in [7, 11) is 0. The highest BCUT2D eigenvalue weighted by Crippen LogP contribution is 2.33. The van der Waals surface area contributed by atoms with Crippen LogP contribution in [0.4, 0.5) is 10.1 Å². The zero-order valence-electron chi connectivity index (χ0n) is 8.33. The Kier molecular flexibility index (Phi) is 3.41. The third kappa shape index (κ3) is 2.01. The molecule has 4 heteroatoms. The lowest BCUT2D eigenvalue weighted by Gasteiger charge is -2.24. The van der Waals surface area contributed by atoms with Gasteiger partial charge in [-0.05, 0) is 12.5 Å². The molecule has 3 nitrogen and oxygen atoms in total. The molecule has 0 saturated heterocycles. The molecule has 4 N–H and O–H groups in total. The Morgan fingerprint density at radius 2 is 2.29 bits per heavy atom. The molecular formula is C10H16FN3. The summed E-state index contributed by atoms with van der Waals surface area (Å²) in [6, 6.07) is 1.59. The SMILES string of the molecule is CCCC(F)(CN)c1cnccc1N. The van der Waals surface area contributed by atoms with Gasteiger partial charge in [0.15, 0.2) is 5.67 Å². The van der Waals surface area contributed by atoms with Crippen LogP contribution in [0.5, 0.6) is 0 Å². The smallest absolute Gasteiger partial charge is 0.151 e. The molecule has 0 bridgehead atoms. The van der Waals surface area contributed by atoms with E-state index < -0.39 is 5.67 Å². The number of halogens is 1. The number of nitrogens with two attached hydrogens (primary N) is 2. The number of alkyl halides is 1. The predicted molar refractivity (Wildman–Crippen MR) is 55.4 cm³/mol. The van der Waals surface area contributed by atoms with Gasteiger partial charge >= 0.3 is 0 Å². The molecule has 0 aliphatic rings. The van der Waals surface area contributed by atoms with Crippen molar-refractivity contribution in [1.82, 2.24) is 4.98 Å². The molecule has 78 valence electrons. The van der Waals surface area contributed by atoms with Crippen LogP contribution >= 0.6 is 0 Å². The Morgan fingerprint density at radius 1 is 1.57 bits per heavy atom. The highest BCUT2D eigenvalue weighted by Gasteiger charge is 2.31. The minimum absolute atomic E-state index is 0.0588. The van der Waals surface area contributed by atoms with E-state index in [0.717, 1.165) is 6.42 Å². The summed E-state index contributed by atoms with van der Waals surface area (Å²) in [6.45, 7) is 1.85. The molecule has 1 aromatic heterocycles. The molecule has 14 heavy (non-hydrogen) atoms. The number of anilines is 1. The average Bonchev–Trinajstić information content (AvgIpc) is 2.18. The van der Waals surface area contributed by atoms with Gasteiger partial charge in [-0.15, -0.1) is 0 Å². The fourth-order valence-corrected chi connectivity index (χ4v) is 1.52. The largest absolute Gasteiger partial charge is 0.398 e. The highest BCUT2D eigenvalue weighted by atomic mass is 19.1. The van der Waals surface area contributed by atoms with Crippen molar-refractivity contribution in [3.05, 3.63) is 24.0 Å². The molecule has 1 atom stereocenters. The molecule has 0 spiro atoms. The molecule has 0 saturated carbocycles. The molecular weight excluding hydrogens is 181 g/mol. The van der Waals surface area contributed by atoms with Gasteiger partial charge in [0.2, 0.25) is 0 Å². The van der Waals surface area contributed by atoms with E-state index in [1.165, 1.54) is 6.20 Å². The number of nitrogen functional groups attached to an aromatic ring is 1. The number of pyridine rings is 1. The maximum absolute atomic E-state index is 14.3. The minimum atomic E-state index is -1.53. The first-order valence-electron chi connectivity index (χ1n) is 4.73. The molecule has 0 aromatic carbocycles. The fraction of sp³-hybridized carbons (Fsp3) is 0.500. The molecule has 0 aliphatic carbocycles. The van der Waals surface area contributed by atoms with Crippen molar-refractivity contribution in [1.29, 1.82) is 0 Å². The van der Waals surface area contributed by atoms with Gasteiger partial charge in [-0.2, -0.15) is 0 Å². The van der Waals surface area contributed by atoms with Gasteiger partial charge in [-0.3, -0.25) is 4.98 Å². The fourth-order valence-electron chi connectivity index (χ4n) is 1.52. The van der Waals surface area contributed by atoms with Crippen molar-refractivity contribution in [2.75, 3.05) is 12.3 Å². The Labute approximate surface area is 83.3 Å². The van der Waals surface area contributed by atoms with Crippen molar-refractivity contribution >= 4 is 5.69 Å². The van der Waals surface area contributed by atoms with E-state index in [2.05, 4.69) is 4.98 Å². The summed E-state index contributed by atoms with van der Waals surface area (Å²) in [4.78, 5) is 3.87. The number of rotatable bonds is 4. The zero-order chi connectivity index (χ0) is 10.6. The number of hydrogen-bond donors (Lipinski definition) is 2. The lowest BCUT2D eigenvalue weighted by atomic mass is 9.91. The average molecular weight is 197 g/mol. The number of aromatic nitrogens is 1. The summed E-state index contributed by atoms with van der Waals surface area (Å²) in [6.07, 6.45) is 4.10. The number of nitrogens with zero attached hydrogens (tertiary/aromatic N) is 1. The van der Waals surface area contributed by atoms with E-state index in [9.17, 15) is 4.39 Å². The van der Waals surface area contributed by atoms with Crippen LogP contribution in [0.1, 0.15) is 25.3 Å². The van der Waals surface area contributed by atoms with Crippen LogP contribution in [0.3, 0.4) is 0 Å². The Hall–Kier alpha value is -1.16. The van der Waals surface area contributed by atoms with E-state index in [0.29, 0.717) is 17.7 Å². The first kappa shape index (κ1) is 10.9. The molecule has 1 aromatic rings. The molecule has 1 rings (SSSR count). The van der Waals surface area contributed by atoms with Crippen molar-refractivity contribution in [2.24, 2.45) is 5.73 Å². The van der Waals surface area contributed by atoms with Gasteiger partial charge in [-0.1, -0.05) is 13.3 Å². The van der Waals surface area contributed by atoms with E-state index in [1.54, 1.807) is 12.3 Å². The molecule has 0 radical (unpaired) electrons. The predicted octanol–water partition coefficient (Wildman–Crippen LogP) is 1.59. The van der Waals surface area contributed by atoms with Crippen LogP contribution in [0.15, 0.2) is 18.5 Å². The van der Waals surface area contributed by atoms with Crippen LogP contribution in [-0.2, 0) is 5.67 Å². The van der Waals surface area contributed by atoms with Gasteiger partial charge in [0.25, 0.3) is 0 Å². The topological polar surface area (TPSA) is 64.9 Å². The highest BCUT2D eigenvalue weighted by molar-refractivity contribution is 5.48. The number of hydrogen-bond acceptors (Lipinski definition) is 3. The van der Waals surface area contributed by atoms with Crippen LogP contribution in [0.2, 0.25) is 0 Å². The van der Waals surface area contributed by atoms with E-state index >= 15 is 0 Å². The molecule has 1 unspecified atom stereocenters. The third-order valence-corrected chi connectivity index (χ3v) is 2.31. The molecule has 0 aliphatic heterocycles. The van der Waals surface area contributed by atoms with Crippen molar-refractivity contribution < 1.29 is 4.39 Å². The van der Waals surface area contributed by atoms with Crippen molar-refractivity contribution in [3.63, 3.8) is 0 Å². The van der Waals surface area contributed by atoms with Crippen LogP contribution in [-0.4, -0.2) is 11.5 Å². The van der Waals surface area contributed by atoms with E-state index in [4.69, 9.17) is 11.5 Å². The van der Waals surface area contributed by atoms with Gasteiger partial charge in [0, 0.05) is 30.2 Å². The monoisotopic (exact) mass is 197 g/mol. The Balaban J connectivity index is 3.05. The second kappa shape index (κ2) is 4.37. The lowest BCUT2D eigenvalue weighted by Crippen LogP contribution is -2.31. The standard InChI is InChI=1S/C10H16FN3/c1-2-4-10(11,7-12)8-6-14-5-3-9(8)13/h3,5-6H,2,4,7,12H2,1H3,(H2,13,14). The maximum Gasteiger partial charge on any atom is 0.151 e. The summed E-state index contributed by atoms with van der Waals surface area (Å²) in [5.41, 5.74) is 10.4. The van der Waals surface area contributed by atoms with Gasteiger partial charge in [-0.25, -0.2) is 4.39 Å². The second-order valence-electron chi connectivity index (χ2n) is 3.38. The zero-order valence-corrected chi connectivity index (χ0v) is 8.33. The summed E-state index contributed by atoms with van der Waals surface area (Å²) >= 11 is 0. The van der Waals surface area contributed by atoms with Crippen LogP contribution in [0.25, 0.3) is 0 Å². The first-order valence-corrected chi connectivity index (χ1v) is 4.73. The lowest BCUT2D eigenvalue weighted by molar-refractivity contribution is 0.160. The quantitative estimate of drug-likeness (QED) is 0.770. The van der Waals surface area contributed by atoms with Gasteiger partial charge < -0.3 is 11.5 Å². The molecule has 1 heterocycles. The Bertz CT molecular complexity index is 303. The maximum atomic E-state index is 14.3. The van der Waals surface area contributed by atoms with E-state index in [-0.39, 0.29) is 6.54 Å². The summed E-state index contributed by atoms with van der Waals surface area (Å²) in [5, 5.41) is 0. The summed E-state index contributed by atoms with van der Waals surface area (Å²) < 4.78 is 14.3.